The Balaban J connectivity index is 2.05. The summed E-state index contributed by atoms with van der Waals surface area (Å²) in [6.45, 7) is 0.702. The van der Waals surface area contributed by atoms with Crippen molar-refractivity contribution >= 4 is 6.03 Å². The first kappa shape index (κ1) is 14.9. The summed E-state index contributed by atoms with van der Waals surface area (Å²) in [7, 11) is 4.32. The number of nitrogens with two attached hydrogens (primary N) is 1. The van der Waals surface area contributed by atoms with Gasteiger partial charge in [-0.25, -0.2) is 4.79 Å². The maximum Gasteiger partial charge on any atom is 0.312 e. The minimum atomic E-state index is -0.419. The highest BCUT2D eigenvalue weighted by Gasteiger charge is 2.38. The van der Waals surface area contributed by atoms with Gasteiger partial charge in [0.05, 0.1) is 0 Å². The number of rotatable bonds is 4. The molecule has 0 heterocycles. The molecule has 0 atom stereocenters. The fourth-order valence-corrected chi connectivity index (χ4v) is 3.35. The number of hydrogen-bond acceptors (Lipinski definition) is 2. The van der Waals surface area contributed by atoms with E-state index in [0.717, 1.165) is 25.7 Å². The van der Waals surface area contributed by atoms with Crippen LogP contribution in [0.5, 0.6) is 0 Å². The van der Waals surface area contributed by atoms with E-state index >= 15 is 0 Å². The number of nitrogens with one attached hydrogen (secondary N) is 1. The van der Waals surface area contributed by atoms with E-state index in [4.69, 9.17) is 5.73 Å². The molecular formula is C16H25N3O. The molecule has 1 saturated carbocycles. The molecule has 1 aliphatic rings. The van der Waals surface area contributed by atoms with Crippen LogP contribution in [0.1, 0.15) is 31.2 Å². The zero-order chi connectivity index (χ0) is 14.6. The Bertz CT molecular complexity index is 436. The van der Waals surface area contributed by atoms with E-state index in [-0.39, 0.29) is 5.54 Å². The van der Waals surface area contributed by atoms with Crippen LogP contribution in [0.15, 0.2) is 30.3 Å². The number of nitrogens with zero attached hydrogens (tertiary/aromatic N) is 1. The molecule has 1 aromatic carbocycles. The zero-order valence-corrected chi connectivity index (χ0v) is 12.4. The fourth-order valence-electron chi connectivity index (χ4n) is 3.35. The van der Waals surface area contributed by atoms with Gasteiger partial charge < -0.3 is 11.1 Å². The first-order chi connectivity index (χ1) is 9.54. The van der Waals surface area contributed by atoms with Gasteiger partial charge in [0, 0.05) is 12.1 Å². The first-order valence-corrected chi connectivity index (χ1v) is 7.31. The summed E-state index contributed by atoms with van der Waals surface area (Å²) in [6, 6.07) is 10.3. The average molecular weight is 275 g/mol. The van der Waals surface area contributed by atoms with Crippen LogP contribution in [0.4, 0.5) is 4.79 Å². The highest BCUT2D eigenvalue weighted by Crippen LogP contribution is 2.42. The third kappa shape index (κ3) is 3.12. The summed E-state index contributed by atoms with van der Waals surface area (Å²) in [6.07, 6.45) is 4.48. The molecule has 2 rings (SSSR count). The molecule has 4 nitrogen and oxygen atoms in total. The van der Waals surface area contributed by atoms with Crippen LogP contribution in [-0.4, -0.2) is 31.6 Å². The molecule has 4 heteroatoms. The van der Waals surface area contributed by atoms with Crippen LogP contribution >= 0.6 is 0 Å². The normalized spacial score (nSPS) is 26.4. The minimum Gasteiger partial charge on any atom is -0.352 e. The lowest BCUT2D eigenvalue weighted by Crippen LogP contribution is -2.46. The Morgan fingerprint density at radius 3 is 2.40 bits per heavy atom. The standard InChI is InChI=1S/C16H25N3O/c1-19(2)16(14-6-4-3-5-7-14)10-8-13(9-11-16)12-18-15(17)20/h3-7,13H,8-12H2,1-2H3,(H3,17,18,20). The molecule has 3 N–H and O–H groups in total. The first-order valence-electron chi connectivity index (χ1n) is 7.31. The van der Waals surface area contributed by atoms with E-state index in [0.29, 0.717) is 12.5 Å². The predicted octanol–water partition coefficient (Wildman–Crippen LogP) is 2.30. The van der Waals surface area contributed by atoms with Crippen molar-refractivity contribution in [3.8, 4) is 0 Å². The predicted molar refractivity (Wildman–Crippen MR) is 81.4 cm³/mol. The van der Waals surface area contributed by atoms with Gasteiger partial charge in [-0.2, -0.15) is 0 Å². The van der Waals surface area contributed by atoms with E-state index in [1.807, 2.05) is 0 Å². The zero-order valence-electron chi connectivity index (χ0n) is 12.4. The molecule has 0 spiro atoms. The lowest BCUT2D eigenvalue weighted by atomic mass is 9.72. The van der Waals surface area contributed by atoms with Crippen molar-refractivity contribution in [2.75, 3.05) is 20.6 Å². The number of primary amides is 1. The molecule has 110 valence electrons. The molecule has 20 heavy (non-hydrogen) atoms. The van der Waals surface area contributed by atoms with Crippen LogP contribution in [0.3, 0.4) is 0 Å². The van der Waals surface area contributed by atoms with Crippen LogP contribution in [-0.2, 0) is 5.54 Å². The lowest BCUT2D eigenvalue weighted by Gasteiger charge is -2.45. The summed E-state index contributed by atoms with van der Waals surface area (Å²) >= 11 is 0. The summed E-state index contributed by atoms with van der Waals surface area (Å²) in [4.78, 5) is 13.1. The minimum absolute atomic E-state index is 0.129. The smallest absolute Gasteiger partial charge is 0.312 e. The molecule has 2 amide bonds. The van der Waals surface area contributed by atoms with Gasteiger partial charge in [-0.05, 0) is 51.3 Å². The van der Waals surface area contributed by atoms with E-state index < -0.39 is 6.03 Å². The maximum absolute atomic E-state index is 10.8. The van der Waals surface area contributed by atoms with Crippen LogP contribution in [0.2, 0.25) is 0 Å². The van der Waals surface area contributed by atoms with Crippen molar-refractivity contribution in [2.45, 2.75) is 31.2 Å². The molecule has 0 unspecified atom stereocenters. The third-order valence-corrected chi connectivity index (χ3v) is 4.66. The van der Waals surface area contributed by atoms with Crippen molar-refractivity contribution in [3.63, 3.8) is 0 Å². The number of hydrogen-bond donors (Lipinski definition) is 2. The summed E-state index contributed by atoms with van der Waals surface area (Å²) in [5.41, 5.74) is 6.67. The Hall–Kier alpha value is -1.55. The number of urea groups is 1. The van der Waals surface area contributed by atoms with Crippen LogP contribution < -0.4 is 11.1 Å². The average Bonchev–Trinajstić information content (AvgIpc) is 2.46. The van der Waals surface area contributed by atoms with Gasteiger partial charge >= 0.3 is 6.03 Å². The van der Waals surface area contributed by atoms with Gasteiger partial charge in [0.1, 0.15) is 0 Å². The Labute approximate surface area is 121 Å². The third-order valence-electron chi connectivity index (χ3n) is 4.66. The Kier molecular flexibility index (Phi) is 4.65. The number of benzene rings is 1. The van der Waals surface area contributed by atoms with E-state index in [9.17, 15) is 4.79 Å². The molecule has 0 aromatic heterocycles. The van der Waals surface area contributed by atoms with Crippen molar-refractivity contribution < 1.29 is 4.79 Å². The van der Waals surface area contributed by atoms with Gasteiger partial charge in [-0.3, -0.25) is 4.90 Å². The van der Waals surface area contributed by atoms with Crippen LogP contribution in [0.25, 0.3) is 0 Å². The summed E-state index contributed by atoms with van der Waals surface area (Å²) in [5, 5.41) is 2.74. The van der Waals surface area contributed by atoms with Gasteiger partial charge in [-0.1, -0.05) is 30.3 Å². The van der Waals surface area contributed by atoms with Gasteiger partial charge in [0.25, 0.3) is 0 Å². The molecule has 0 saturated heterocycles. The van der Waals surface area contributed by atoms with Crippen molar-refractivity contribution in [1.29, 1.82) is 0 Å². The van der Waals surface area contributed by atoms with E-state index in [1.54, 1.807) is 0 Å². The highest BCUT2D eigenvalue weighted by atomic mass is 16.2. The Morgan fingerprint density at radius 2 is 1.90 bits per heavy atom. The fraction of sp³-hybridized carbons (Fsp3) is 0.562. The second kappa shape index (κ2) is 6.27. The number of amides is 2. The maximum atomic E-state index is 10.8. The molecular weight excluding hydrogens is 250 g/mol. The molecule has 1 fully saturated rings. The monoisotopic (exact) mass is 275 g/mol. The van der Waals surface area contributed by atoms with Gasteiger partial charge in [-0.15, -0.1) is 0 Å². The number of carbonyl (C=O) groups excluding carboxylic acids is 1. The Morgan fingerprint density at radius 1 is 1.30 bits per heavy atom. The van der Waals surface area contributed by atoms with E-state index in [1.165, 1.54) is 5.56 Å². The van der Waals surface area contributed by atoms with Crippen molar-refractivity contribution in [2.24, 2.45) is 11.7 Å². The van der Waals surface area contributed by atoms with Crippen LogP contribution in [0, 0.1) is 5.92 Å². The molecule has 0 radical (unpaired) electrons. The van der Waals surface area contributed by atoms with Gasteiger partial charge in [0.15, 0.2) is 0 Å². The largest absolute Gasteiger partial charge is 0.352 e. The molecule has 1 aliphatic carbocycles. The topological polar surface area (TPSA) is 58.4 Å². The van der Waals surface area contributed by atoms with E-state index in [2.05, 4.69) is 54.6 Å². The highest BCUT2D eigenvalue weighted by molar-refractivity contribution is 5.71. The molecule has 0 bridgehead atoms. The second-order valence-electron chi connectivity index (χ2n) is 5.98. The number of carbonyl (C=O) groups is 1. The lowest BCUT2D eigenvalue weighted by molar-refractivity contribution is 0.0776. The summed E-state index contributed by atoms with van der Waals surface area (Å²) in [5.74, 6) is 0.541. The van der Waals surface area contributed by atoms with Gasteiger partial charge in [0.2, 0.25) is 0 Å². The molecule has 1 aromatic rings. The van der Waals surface area contributed by atoms with Crippen molar-refractivity contribution in [1.82, 2.24) is 10.2 Å². The molecule has 0 aliphatic heterocycles. The summed E-state index contributed by atoms with van der Waals surface area (Å²) < 4.78 is 0. The SMILES string of the molecule is CN(C)C1(c2ccccc2)CCC(CNC(N)=O)CC1. The quantitative estimate of drug-likeness (QED) is 0.886. The second-order valence-corrected chi connectivity index (χ2v) is 5.98. The van der Waals surface area contributed by atoms with Crippen molar-refractivity contribution in [3.05, 3.63) is 35.9 Å².